The van der Waals surface area contributed by atoms with Crippen LogP contribution >= 0.6 is 0 Å². The average Bonchev–Trinajstić information content (AvgIpc) is 2.81. The van der Waals surface area contributed by atoms with Crippen molar-refractivity contribution in [2.45, 2.75) is 12.8 Å². The number of rotatable bonds is 4. The summed E-state index contributed by atoms with van der Waals surface area (Å²) >= 11 is 0. The lowest BCUT2D eigenvalue weighted by Gasteiger charge is -2.18. The molecule has 1 aromatic heterocycles. The van der Waals surface area contributed by atoms with Crippen molar-refractivity contribution in [1.82, 2.24) is 20.0 Å². The summed E-state index contributed by atoms with van der Waals surface area (Å²) in [6, 6.07) is 0. The number of nitrogens with one attached hydrogen (secondary N) is 2. The van der Waals surface area contributed by atoms with Crippen LogP contribution in [0.5, 0.6) is 0 Å². The fourth-order valence-corrected chi connectivity index (χ4v) is 1.79. The van der Waals surface area contributed by atoms with E-state index in [9.17, 15) is 0 Å². The van der Waals surface area contributed by atoms with Crippen LogP contribution in [0.25, 0.3) is 0 Å². The minimum absolute atomic E-state index is 0.566. The van der Waals surface area contributed by atoms with Crippen molar-refractivity contribution < 1.29 is 0 Å². The molecule has 2 rings (SSSR count). The van der Waals surface area contributed by atoms with Gasteiger partial charge in [-0.3, -0.25) is 5.43 Å². The zero-order chi connectivity index (χ0) is 12.3. The average molecular weight is 237 g/mol. The smallest absolute Gasteiger partial charge is 0.244 e. The van der Waals surface area contributed by atoms with Crippen LogP contribution in [-0.4, -0.2) is 54.2 Å². The molecule has 0 radical (unpaired) electrons. The molecule has 2 N–H and O–H groups in total. The molecule has 7 heteroatoms. The van der Waals surface area contributed by atoms with E-state index in [1.807, 2.05) is 26.2 Å². The fraction of sp³-hybridized carbons (Fsp3) is 0.700. The van der Waals surface area contributed by atoms with Crippen LogP contribution in [0.15, 0.2) is 0 Å². The van der Waals surface area contributed by atoms with Gasteiger partial charge in [0.25, 0.3) is 0 Å². The Morgan fingerprint density at radius 2 is 1.71 bits per heavy atom. The van der Waals surface area contributed by atoms with E-state index in [-0.39, 0.29) is 0 Å². The highest BCUT2D eigenvalue weighted by atomic mass is 15.5. The summed E-state index contributed by atoms with van der Waals surface area (Å²) in [4.78, 5) is 15.2. The van der Waals surface area contributed by atoms with Gasteiger partial charge in [-0.2, -0.15) is 15.0 Å². The standard InChI is InChI=1S/C10H19N7/c1-11-8-12-9(15-16(2)3)14-10(13-8)17-6-4-5-7-17/h4-7H2,1-3H3,(H2,11,12,13,14,15). The predicted octanol–water partition coefficient (Wildman–Crippen LogP) is 0.402. The van der Waals surface area contributed by atoms with Crippen molar-refractivity contribution in [1.29, 1.82) is 0 Å². The predicted molar refractivity (Wildman–Crippen MR) is 68.1 cm³/mol. The molecular formula is C10H19N7. The van der Waals surface area contributed by atoms with E-state index in [0.717, 1.165) is 19.0 Å². The lowest BCUT2D eigenvalue weighted by atomic mass is 10.4. The summed E-state index contributed by atoms with van der Waals surface area (Å²) in [6.07, 6.45) is 2.41. The van der Waals surface area contributed by atoms with Gasteiger partial charge in [-0.25, -0.2) is 5.01 Å². The molecule has 1 aliphatic heterocycles. The van der Waals surface area contributed by atoms with Crippen LogP contribution in [0.1, 0.15) is 12.8 Å². The van der Waals surface area contributed by atoms with Gasteiger partial charge in [-0.05, 0) is 12.8 Å². The molecule has 0 unspecified atom stereocenters. The molecule has 7 nitrogen and oxygen atoms in total. The summed E-state index contributed by atoms with van der Waals surface area (Å²) in [5.41, 5.74) is 3.05. The Morgan fingerprint density at radius 3 is 2.29 bits per heavy atom. The minimum Gasteiger partial charge on any atom is -0.357 e. The molecular weight excluding hydrogens is 218 g/mol. The molecule has 1 saturated heterocycles. The highest BCUT2D eigenvalue weighted by Crippen LogP contribution is 2.18. The molecule has 0 aromatic carbocycles. The van der Waals surface area contributed by atoms with Crippen LogP contribution in [0.4, 0.5) is 17.8 Å². The Bertz CT molecular complexity index is 373. The van der Waals surface area contributed by atoms with Crippen LogP contribution in [-0.2, 0) is 0 Å². The second kappa shape index (κ2) is 5.13. The maximum atomic E-state index is 4.41. The van der Waals surface area contributed by atoms with Crippen molar-refractivity contribution in [2.75, 3.05) is 49.9 Å². The van der Waals surface area contributed by atoms with Crippen molar-refractivity contribution in [3.8, 4) is 0 Å². The third-order valence-electron chi connectivity index (χ3n) is 2.56. The van der Waals surface area contributed by atoms with Gasteiger partial charge < -0.3 is 10.2 Å². The molecule has 1 fully saturated rings. The second-order valence-corrected chi connectivity index (χ2v) is 4.23. The second-order valence-electron chi connectivity index (χ2n) is 4.23. The molecule has 0 atom stereocenters. The number of nitrogens with zero attached hydrogens (tertiary/aromatic N) is 5. The maximum absolute atomic E-state index is 4.41. The molecule has 0 bridgehead atoms. The van der Waals surface area contributed by atoms with Crippen LogP contribution in [0.2, 0.25) is 0 Å². The van der Waals surface area contributed by atoms with Gasteiger partial charge in [0, 0.05) is 34.2 Å². The first kappa shape index (κ1) is 11.8. The SMILES string of the molecule is CNc1nc(NN(C)C)nc(N2CCCC2)n1. The van der Waals surface area contributed by atoms with Gasteiger partial charge in [0.15, 0.2) is 0 Å². The summed E-state index contributed by atoms with van der Waals surface area (Å²) < 4.78 is 0. The van der Waals surface area contributed by atoms with E-state index < -0.39 is 0 Å². The molecule has 0 saturated carbocycles. The van der Waals surface area contributed by atoms with Gasteiger partial charge >= 0.3 is 0 Å². The first-order valence-electron chi connectivity index (χ1n) is 5.82. The summed E-state index contributed by atoms with van der Waals surface area (Å²) in [5.74, 6) is 1.90. The molecule has 2 heterocycles. The summed E-state index contributed by atoms with van der Waals surface area (Å²) in [6.45, 7) is 2.04. The minimum atomic E-state index is 0.566. The third-order valence-corrected chi connectivity index (χ3v) is 2.56. The van der Waals surface area contributed by atoms with E-state index in [4.69, 9.17) is 0 Å². The molecule has 17 heavy (non-hydrogen) atoms. The largest absolute Gasteiger partial charge is 0.357 e. The molecule has 0 aliphatic carbocycles. The van der Waals surface area contributed by atoms with E-state index >= 15 is 0 Å². The topological polar surface area (TPSA) is 69.2 Å². The Kier molecular flexibility index (Phi) is 3.58. The molecule has 94 valence electrons. The van der Waals surface area contributed by atoms with E-state index in [0.29, 0.717) is 11.9 Å². The zero-order valence-electron chi connectivity index (χ0n) is 10.6. The van der Waals surface area contributed by atoms with Crippen molar-refractivity contribution in [3.05, 3.63) is 0 Å². The van der Waals surface area contributed by atoms with Gasteiger partial charge in [-0.1, -0.05) is 0 Å². The van der Waals surface area contributed by atoms with Crippen molar-refractivity contribution in [2.24, 2.45) is 0 Å². The molecule has 1 aliphatic rings. The highest BCUT2D eigenvalue weighted by molar-refractivity contribution is 5.43. The van der Waals surface area contributed by atoms with Crippen LogP contribution in [0, 0.1) is 0 Å². The van der Waals surface area contributed by atoms with E-state index in [2.05, 4.69) is 30.6 Å². The quantitative estimate of drug-likeness (QED) is 0.735. The first-order chi connectivity index (χ1) is 8.19. The first-order valence-corrected chi connectivity index (χ1v) is 5.82. The number of hydrogen-bond acceptors (Lipinski definition) is 7. The number of hydrogen-bond donors (Lipinski definition) is 2. The molecule has 1 aromatic rings. The monoisotopic (exact) mass is 237 g/mol. The van der Waals surface area contributed by atoms with Crippen LogP contribution in [0.3, 0.4) is 0 Å². The van der Waals surface area contributed by atoms with E-state index in [1.54, 1.807) is 0 Å². The Hall–Kier alpha value is -1.63. The third kappa shape index (κ3) is 2.94. The molecule has 0 spiro atoms. The van der Waals surface area contributed by atoms with Gasteiger partial charge in [-0.15, -0.1) is 0 Å². The number of anilines is 3. The van der Waals surface area contributed by atoms with Gasteiger partial charge in [0.1, 0.15) is 0 Å². The highest BCUT2D eigenvalue weighted by Gasteiger charge is 2.17. The lowest BCUT2D eigenvalue weighted by Crippen LogP contribution is -2.25. The van der Waals surface area contributed by atoms with Gasteiger partial charge in [0.05, 0.1) is 0 Å². The Morgan fingerprint density at radius 1 is 1.06 bits per heavy atom. The maximum Gasteiger partial charge on any atom is 0.244 e. The lowest BCUT2D eigenvalue weighted by molar-refractivity contribution is 0.488. The Labute approximate surface area is 101 Å². The fourth-order valence-electron chi connectivity index (χ4n) is 1.79. The summed E-state index contributed by atoms with van der Waals surface area (Å²) in [5, 5.41) is 4.77. The van der Waals surface area contributed by atoms with Crippen LogP contribution < -0.4 is 15.6 Å². The van der Waals surface area contributed by atoms with E-state index in [1.165, 1.54) is 12.8 Å². The summed E-state index contributed by atoms with van der Waals surface area (Å²) in [7, 11) is 5.61. The number of hydrazine groups is 1. The zero-order valence-corrected chi connectivity index (χ0v) is 10.6. The number of aromatic nitrogens is 3. The Balaban J connectivity index is 2.24. The van der Waals surface area contributed by atoms with Gasteiger partial charge in [0.2, 0.25) is 17.8 Å². The molecule has 0 amide bonds. The van der Waals surface area contributed by atoms with Crippen molar-refractivity contribution in [3.63, 3.8) is 0 Å². The van der Waals surface area contributed by atoms with Crippen molar-refractivity contribution >= 4 is 17.8 Å². The normalized spacial score (nSPS) is 15.4.